The van der Waals surface area contributed by atoms with Crippen LogP contribution in [0.25, 0.3) is 0 Å². The van der Waals surface area contributed by atoms with Gasteiger partial charge < -0.3 is 9.84 Å². The number of thioether (sulfide) groups is 1. The maximum absolute atomic E-state index is 5.48. The summed E-state index contributed by atoms with van der Waals surface area (Å²) in [6.07, 6.45) is 11.8. The first-order valence-electron chi connectivity index (χ1n) is 8.54. The van der Waals surface area contributed by atoms with Gasteiger partial charge in [0.15, 0.2) is 5.82 Å². The minimum absolute atomic E-state index is 0.736. The lowest BCUT2D eigenvalue weighted by Gasteiger charge is -2.28. The van der Waals surface area contributed by atoms with E-state index < -0.39 is 0 Å². The molecule has 0 spiro atoms. The van der Waals surface area contributed by atoms with Crippen LogP contribution in [0.2, 0.25) is 0 Å². The van der Waals surface area contributed by atoms with Crippen molar-refractivity contribution in [2.45, 2.75) is 80.9 Å². The molecular weight excluding hydrogens is 282 g/mol. The average molecular weight is 307 g/mol. The third-order valence-electron chi connectivity index (χ3n) is 5.29. The molecule has 2 bridgehead atoms. The molecule has 4 nitrogen and oxygen atoms in total. The van der Waals surface area contributed by atoms with Crippen LogP contribution in [0.5, 0.6) is 0 Å². The summed E-state index contributed by atoms with van der Waals surface area (Å²) in [5, 5.41) is 8.69. The van der Waals surface area contributed by atoms with Crippen molar-refractivity contribution in [1.29, 1.82) is 0 Å². The Morgan fingerprint density at radius 1 is 1.10 bits per heavy atom. The number of rotatable bonds is 5. The Balaban J connectivity index is 1.28. The highest BCUT2D eigenvalue weighted by Crippen LogP contribution is 2.33. The van der Waals surface area contributed by atoms with Crippen molar-refractivity contribution in [1.82, 2.24) is 15.5 Å². The third kappa shape index (κ3) is 3.45. The van der Waals surface area contributed by atoms with Crippen LogP contribution in [0.1, 0.15) is 63.1 Å². The summed E-state index contributed by atoms with van der Waals surface area (Å²) in [5.41, 5.74) is 0. The monoisotopic (exact) mass is 307 g/mol. The maximum Gasteiger partial charge on any atom is 0.226 e. The predicted octanol–water partition coefficient (Wildman–Crippen LogP) is 3.32. The van der Waals surface area contributed by atoms with Crippen molar-refractivity contribution in [3.8, 4) is 0 Å². The molecule has 3 aliphatic rings. The van der Waals surface area contributed by atoms with E-state index >= 15 is 0 Å². The van der Waals surface area contributed by atoms with Gasteiger partial charge in [-0.15, -0.1) is 0 Å². The fraction of sp³-hybridized carbons (Fsp3) is 0.875. The zero-order chi connectivity index (χ0) is 14.1. The van der Waals surface area contributed by atoms with Crippen molar-refractivity contribution in [2.75, 3.05) is 0 Å². The number of hydrogen-bond donors (Lipinski definition) is 1. The average Bonchev–Trinajstić information content (AvgIpc) is 3.19. The van der Waals surface area contributed by atoms with E-state index in [1.54, 1.807) is 0 Å². The third-order valence-corrected chi connectivity index (χ3v) is 6.66. The summed E-state index contributed by atoms with van der Waals surface area (Å²) in [5.74, 6) is 3.42. The van der Waals surface area contributed by atoms with Gasteiger partial charge in [0.2, 0.25) is 5.89 Å². The van der Waals surface area contributed by atoms with E-state index in [0.717, 1.165) is 47.1 Å². The number of hydrogen-bond acceptors (Lipinski definition) is 5. The molecule has 5 heteroatoms. The highest BCUT2D eigenvalue weighted by molar-refractivity contribution is 7.99. The molecule has 1 aromatic rings. The summed E-state index contributed by atoms with van der Waals surface area (Å²) in [4.78, 5) is 4.62. The van der Waals surface area contributed by atoms with Crippen LogP contribution in [0.3, 0.4) is 0 Å². The number of aromatic nitrogens is 2. The van der Waals surface area contributed by atoms with Crippen LogP contribution in [-0.2, 0) is 12.2 Å². The molecule has 1 saturated carbocycles. The van der Waals surface area contributed by atoms with Gasteiger partial charge >= 0.3 is 0 Å². The number of piperidine rings is 1. The van der Waals surface area contributed by atoms with E-state index in [4.69, 9.17) is 4.52 Å². The Kier molecular flexibility index (Phi) is 4.21. The van der Waals surface area contributed by atoms with Crippen molar-refractivity contribution in [3.05, 3.63) is 11.7 Å². The largest absolute Gasteiger partial charge is 0.339 e. The van der Waals surface area contributed by atoms with Crippen LogP contribution in [0.15, 0.2) is 4.52 Å². The fourth-order valence-corrected chi connectivity index (χ4v) is 5.44. The lowest BCUT2D eigenvalue weighted by Crippen LogP contribution is -2.38. The van der Waals surface area contributed by atoms with E-state index in [-0.39, 0.29) is 0 Å². The lowest BCUT2D eigenvalue weighted by molar-refractivity contribution is 0.270. The molecule has 4 rings (SSSR count). The van der Waals surface area contributed by atoms with Crippen molar-refractivity contribution < 1.29 is 4.52 Å². The van der Waals surface area contributed by atoms with Crippen LogP contribution < -0.4 is 5.32 Å². The van der Waals surface area contributed by atoms with Crippen LogP contribution in [-0.4, -0.2) is 27.5 Å². The second-order valence-corrected chi connectivity index (χ2v) is 8.29. The lowest BCUT2D eigenvalue weighted by atomic mass is 9.90. The van der Waals surface area contributed by atoms with Gasteiger partial charge in [0.25, 0.3) is 0 Å². The minimum Gasteiger partial charge on any atom is -0.339 e. The minimum atomic E-state index is 0.736. The first-order chi connectivity index (χ1) is 10.3. The number of fused-ring (bicyclic) bond motifs is 2. The molecule has 21 heavy (non-hydrogen) atoms. The van der Waals surface area contributed by atoms with Crippen LogP contribution >= 0.6 is 11.8 Å². The molecule has 0 amide bonds. The van der Waals surface area contributed by atoms with Gasteiger partial charge in [-0.1, -0.05) is 18.0 Å². The van der Waals surface area contributed by atoms with E-state index in [9.17, 15) is 0 Å². The van der Waals surface area contributed by atoms with Crippen molar-refractivity contribution in [2.24, 2.45) is 5.92 Å². The van der Waals surface area contributed by atoms with E-state index in [1.165, 1.54) is 51.4 Å². The normalized spacial score (nSPS) is 32.9. The van der Waals surface area contributed by atoms with Gasteiger partial charge in [-0.25, -0.2) is 0 Å². The van der Waals surface area contributed by atoms with Crippen molar-refractivity contribution >= 4 is 11.8 Å². The second-order valence-electron chi connectivity index (χ2n) is 7.00. The smallest absolute Gasteiger partial charge is 0.226 e. The molecule has 2 unspecified atom stereocenters. The van der Waals surface area contributed by atoms with Gasteiger partial charge in [-0.2, -0.15) is 16.7 Å². The zero-order valence-corrected chi connectivity index (χ0v) is 13.4. The summed E-state index contributed by atoms with van der Waals surface area (Å²) in [6.45, 7) is 0. The van der Waals surface area contributed by atoms with Gasteiger partial charge in [0.1, 0.15) is 0 Å². The molecule has 1 aliphatic carbocycles. The Bertz CT molecular complexity index is 460. The van der Waals surface area contributed by atoms with Crippen LogP contribution in [0, 0.1) is 5.92 Å². The molecule has 3 fully saturated rings. The molecule has 116 valence electrons. The van der Waals surface area contributed by atoms with Gasteiger partial charge in [-0.05, 0) is 44.4 Å². The molecule has 2 atom stereocenters. The summed E-state index contributed by atoms with van der Waals surface area (Å²) in [6, 6.07) is 1.49. The summed E-state index contributed by atoms with van der Waals surface area (Å²) in [7, 11) is 0. The molecule has 0 radical (unpaired) electrons. The zero-order valence-electron chi connectivity index (χ0n) is 12.6. The maximum atomic E-state index is 5.48. The predicted molar refractivity (Wildman–Crippen MR) is 84.2 cm³/mol. The molecular formula is C16H25N3OS. The second kappa shape index (κ2) is 6.29. The molecule has 1 N–H and O–H groups in total. The van der Waals surface area contributed by atoms with E-state index in [1.807, 2.05) is 11.8 Å². The molecule has 0 aromatic carbocycles. The molecule has 1 aromatic heterocycles. The van der Waals surface area contributed by atoms with Crippen LogP contribution in [0.4, 0.5) is 0 Å². The fourth-order valence-electron chi connectivity index (χ4n) is 4.27. The summed E-state index contributed by atoms with van der Waals surface area (Å²) >= 11 is 2.01. The Morgan fingerprint density at radius 2 is 1.86 bits per heavy atom. The highest BCUT2D eigenvalue weighted by Gasteiger charge is 2.34. The Morgan fingerprint density at radius 3 is 2.62 bits per heavy atom. The SMILES string of the molecule is C1CCC(SCc2noc(CC3CC4CCC(C3)N4)n2)C1. The molecule has 2 saturated heterocycles. The topological polar surface area (TPSA) is 51.0 Å². The first kappa shape index (κ1) is 14.1. The standard InChI is InChI=1S/C16H25N3OS/c1-2-4-14(3-1)21-10-15-18-16(20-19-15)9-11-7-12-5-6-13(8-11)17-12/h11-14,17H,1-10H2. The van der Waals surface area contributed by atoms with Crippen molar-refractivity contribution in [3.63, 3.8) is 0 Å². The molecule has 3 heterocycles. The quantitative estimate of drug-likeness (QED) is 0.904. The highest BCUT2D eigenvalue weighted by atomic mass is 32.2. The number of nitrogens with zero attached hydrogens (tertiary/aromatic N) is 2. The van der Waals surface area contributed by atoms with Gasteiger partial charge in [-0.3, -0.25) is 0 Å². The van der Waals surface area contributed by atoms with Gasteiger partial charge in [0.05, 0.1) is 5.75 Å². The Labute approximate surface area is 130 Å². The molecule has 2 aliphatic heterocycles. The number of nitrogens with one attached hydrogen (secondary N) is 1. The van der Waals surface area contributed by atoms with E-state index in [2.05, 4.69) is 15.5 Å². The van der Waals surface area contributed by atoms with Gasteiger partial charge in [0, 0.05) is 23.8 Å². The summed E-state index contributed by atoms with van der Waals surface area (Å²) < 4.78 is 5.48. The first-order valence-corrected chi connectivity index (χ1v) is 9.59. The van der Waals surface area contributed by atoms with E-state index in [0.29, 0.717) is 0 Å². The Hall–Kier alpha value is -0.550.